The Morgan fingerprint density at radius 3 is 1.72 bits per heavy atom. The SMILES string of the molecule is CCCCC(C)CCC(=O)Oc1ccc(Sc2cccc3c2C(=O)c2cccc(Sc4ccc(OC)cc4)c2C3=O)cc1. The van der Waals surface area contributed by atoms with E-state index in [-0.39, 0.29) is 17.5 Å². The molecule has 0 aliphatic heterocycles. The molecule has 1 aliphatic rings. The molecular weight excluding hydrogens is 577 g/mol. The van der Waals surface area contributed by atoms with Crippen LogP contribution < -0.4 is 9.47 Å². The fourth-order valence-electron chi connectivity index (χ4n) is 5.07. The third-order valence-electron chi connectivity index (χ3n) is 7.46. The highest BCUT2D eigenvalue weighted by molar-refractivity contribution is 7.99. The van der Waals surface area contributed by atoms with E-state index in [1.165, 1.54) is 29.9 Å². The Morgan fingerprint density at radius 2 is 1.23 bits per heavy atom. The van der Waals surface area contributed by atoms with Crippen molar-refractivity contribution < 1.29 is 23.9 Å². The molecule has 0 radical (unpaired) electrons. The van der Waals surface area contributed by atoms with E-state index in [0.29, 0.717) is 45.2 Å². The van der Waals surface area contributed by atoms with Crippen LogP contribution in [0.2, 0.25) is 0 Å². The second-order valence-corrected chi connectivity index (χ2v) is 12.9. The summed E-state index contributed by atoms with van der Waals surface area (Å²) in [4.78, 5) is 43.3. The Balaban J connectivity index is 1.31. The molecule has 1 unspecified atom stereocenters. The van der Waals surface area contributed by atoms with Gasteiger partial charge in [-0.3, -0.25) is 14.4 Å². The molecule has 5 rings (SSSR count). The lowest BCUT2D eigenvalue weighted by molar-refractivity contribution is -0.134. The molecule has 0 fully saturated rings. The lowest BCUT2D eigenvalue weighted by Crippen LogP contribution is -2.22. The maximum absolute atomic E-state index is 13.8. The molecule has 1 aliphatic carbocycles. The third-order valence-corrected chi connectivity index (χ3v) is 9.59. The molecule has 0 N–H and O–H groups in total. The fraction of sp³-hybridized carbons (Fsp3) is 0.250. The first kappa shape index (κ1) is 30.6. The number of methoxy groups -OCH3 is 1. The first-order valence-electron chi connectivity index (χ1n) is 14.5. The lowest BCUT2D eigenvalue weighted by Gasteiger charge is -2.22. The zero-order chi connectivity index (χ0) is 30.3. The minimum Gasteiger partial charge on any atom is -0.497 e. The quantitative estimate of drug-likeness (QED) is 0.103. The van der Waals surface area contributed by atoms with Crippen molar-refractivity contribution in [3.63, 3.8) is 0 Å². The number of fused-ring (bicyclic) bond motifs is 2. The van der Waals surface area contributed by atoms with Crippen molar-refractivity contribution in [1.29, 1.82) is 0 Å². The molecule has 220 valence electrons. The summed E-state index contributed by atoms with van der Waals surface area (Å²) in [5, 5.41) is 0. The number of carbonyl (C=O) groups excluding carboxylic acids is 3. The monoisotopic (exact) mass is 610 g/mol. The van der Waals surface area contributed by atoms with E-state index >= 15 is 0 Å². The topological polar surface area (TPSA) is 69.7 Å². The van der Waals surface area contributed by atoms with Gasteiger partial charge in [-0.1, -0.05) is 80.9 Å². The number of ether oxygens (including phenoxy) is 2. The van der Waals surface area contributed by atoms with Crippen molar-refractivity contribution in [2.45, 2.75) is 65.5 Å². The minimum absolute atomic E-state index is 0.157. The molecule has 0 saturated heterocycles. The normalized spacial score (nSPS) is 12.8. The molecule has 1 atom stereocenters. The predicted octanol–water partition coefficient (Wildman–Crippen LogP) is 9.28. The zero-order valence-electron chi connectivity index (χ0n) is 24.6. The van der Waals surface area contributed by atoms with Crippen LogP contribution in [-0.4, -0.2) is 24.6 Å². The van der Waals surface area contributed by atoms with Crippen LogP contribution in [0.25, 0.3) is 0 Å². The summed E-state index contributed by atoms with van der Waals surface area (Å²) in [5.41, 5.74) is 1.68. The number of esters is 1. The average Bonchev–Trinajstić information content (AvgIpc) is 3.03. The molecular formula is C36H34O5S2. The average molecular weight is 611 g/mol. The summed E-state index contributed by atoms with van der Waals surface area (Å²) >= 11 is 2.86. The van der Waals surface area contributed by atoms with Crippen LogP contribution >= 0.6 is 23.5 Å². The van der Waals surface area contributed by atoms with Gasteiger partial charge in [-0.15, -0.1) is 0 Å². The van der Waals surface area contributed by atoms with Gasteiger partial charge in [0.1, 0.15) is 11.5 Å². The Hall–Kier alpha value is -3.81. The standard InChI is InChI=1S/C36H34O5S2/c1-4-5-8-23(2)13-22-32(37)41-25-16-20-27(21-17-25)43-31-12-7-10-29-34(31)36(39)28-9-6-11-30(33(28)35(29)38)42-26-18-14-24(40-3)15-19-26/h6-7,9-12,14-21,23H,4-5,8,13,22H2,1-3H3. The molecule has 0 heterocycles. The van der Waals surface area contributed by atoms with Crippen LogP contribution in [0.3, 0.4) is 0 Å². The third kappa shape index (κ3) is 7.23. The molecule has 0 spiro atoms. The number of carbonyl (C=O) groups is 3. The maximum Gasteiger partial charge on any atom is 0.311 e. The van der Waals surface area contributed by atoms with Crippen LogP contribution in [0.15, 0.2) is 105 Å². The van der Waals surface area contributed by atoms with Gasteiger partial charge >= 0.3 is 5.97 Å². The van der Waals surface area contributed by atoms with Crippen LogP contribution in [0.1, 0.15) is 77.8 Å². The van der Waals surface area contributed by atoms with Gasteiger partial charge in [-0.2, -0.15) is 0 Å². The highest BCUT2D eigenvalue weighted by atomic mass is 32.2. The van der Waals surface area contributed by atoms with Gasteiger partial charge in [0, 0.05) is 48.3 Å². The Kier molecular flexibility index (Phi) is 10.1. The number of unbranched alkanes of at least 4 members (excludes halogenated alkanes) is 1. The summed E-state index contributed by atoms with van der Waals surface area (Å²) in [5.74, 6) is 1.20. The van der Waals surface area contributed by atoms with Crippen molar-refractivity contribution in [3.8, 4) is 11.5 Å². The van der Waals surface area contributed by atoms with Gasteiger partial charge < -0.3 is 9.47 Å². The highest BCUT2D eigenvalue weighted by Crippen LogP contribution is 2.41. The molecule has 0 bridgehead atoms. The van der Waals surface area contributed by atoms with E-state index in [2.05, 4.69) is 13.8 Å². The summed E-state index contributed by atoms with van der Waals surface area (Å²) in [6.45, 7) is 4.35. The van der Waals surface area contributed by atoms with E-state index in [4.69, 9.17) is 9.47 Å². The highest BCUT2D eigenvalue weighted by Gasteiger charge is 2.33. The van der Waals surface area contributed by atoms with Gasteiger partial charge in [0.25, 0.3) is 0 Å². The molecule has 4 aromatic carbocycles. The van der Waals surface area contributed by atoms with Crippen molar-refractivity contribution in [3.05, 3.63) is 107 Å². The van der Waals surface area contributed by atoms with Crippen LogP contribution in [0, 0.1) is 5.92 Å². The molecule has 0 aromatic heterocycles. The van der Waals surface area contributed by atoms with Crippen molar-refractivity contribution in [1.82, 2.24) is 0 Å². The van der Waals surface area contributed by atoms with Crippen LogP contribution in [0.5, 0.6) is 11.5 Å². The van der Waals surface area contributed by atoms with Crippen molar-refractivity contribution >= 4 is 41.1 Å². The first-order chi connectivity index (χ1) is 20.9. The number of benzene rings is 4. The van der Waals surface area contributed by atoms with E-state index in [9.17, 15) is 14.4 Å². The molecule has 7 heteroatoms. The smallest absolute Gasteiger partial charge is 0.311 e. The van der Waals surface area contributed by atoms with Gasteiger partial charge in [-0.05, 0) is 73.0 Å². The second-order valence-electron chi connectivity index (χ2n) is 10.6. The van der Waals surface area contributed by atoms with Gasteiger partial charge in [0.15, 0.2) is 11.6 Å². The maximum atomic E-state index is 13.8. The van der Waals surface area contributed by atoms with E-state index in [1.54, 1.807) is 31.4 Å². The van der Waals surface area contributed by atoms with E-state index in [0.717, 1.165) is 39.7 Å². The van der Waals surface area contributed by atoms with Crippen molar-refractivity contribution in [2.24, 2.45) is 5.92 Å². The molecule has 5 nitrogen and oxygen atoms in total. The zero-order valence-corrected chi connectivity index (χ0v) is 26.2. The van der Waals surface area contributed by atoms with E-state index in [1.807, 2.05) is 60.7 Å². The summed E-state index contributed by atoms with van der Waals surface area (Å²) in [6.07, 6.45) is 4.69. The molecule has 4 aromatic rings. The minimum atomic E-state index is -0.229. The molecule has 0 amide bonds. The summed E-state index contributed by atoms with van der Waals surface area (Å²) in [7, 11) is 1.62. The van der Waals surface area contributed by atoms with Crippen molar-refractivity contribution in [2.75, 3.05) is 7.11 Å². The lowest BCUT2D eigenvalue weighted by atomic mass is 9.84. The Labute approximate surface area is 261 Å². The largest absolute Gasteiger partial charge is 0.497 e. The molecule has 0 saturated carbocycles. The number of rotatable bonds is 12. The van der Waals surface area contributed by atoms with Gasteiger partial charge in [-0.25, -0.2) is 0 Å². The summed E-state index contributed by atoms with van der Waals surface area (Å²) < 4.78 is 10.8. The Morgan fingerprint density at radius 1 is 0.721 bits per heavy atom. The van der Waals surface area contributed by atoms with Crippen LogP contribution in [-0.2, 0) is 4.79 Å². The number of hydrogen-bond donors (Lipinski definition) is 0. The number of ketones is 2. The van der Waals surface area contributed by atoms with Gasteiger partial charge in [0.2, 0.25) is 0 Å². The number of hydrogen-bond acceptors (Lipinski definition) is 7. The van der Waals surface area contributed by atoms with E-state index < -0.39 is 0 Å². The Bertz CT molecular complexity index is 1630. The van der Waals surface area contributed by atoms with Crippen LogP contribution in [0.4, 0.5) is 0 Å². The second kappa shape index (κ2) is 14.1. The van der Waals surface area contributed by atoms with Gasteiger partial charge in [0.05, 0.1) is 7.11 Å². The molecule has 43 heavy (non-hydrogen) atoms. The summed E-state index contributed by atoms with van der Waals surface area (Å²) in [6, 6.07) is 25.7. The fourth-order valence-corrected chi connectivity index (χ4v) is 7.02. The predicted molar refractivity (Wildman–Crippen MR) is 171 cm³/mol. The first-order valence-corrected chi connectivity index (χ1v) is 16.2.